The third kappa shape index (κ3) is 3.76. The number of benzene rings is 2. The molecule has 0 unspecified atom stereocenters. The van der Waals surface area contributed by atoms with Gasteiger partial charge in [0.2, 0.25) is 0 Å². The topological polar surface area (TPSA) is 29.1 Å². The van der Waals surface area contributed by atoms with Gasteiger partial charge in [-0.15, -0.1) is 0 Å². The van der Waals surface area contributed by atoms with Crippen LogP contribution in [0, 0.1) is 5.82 Å². The van der Waals surface area contributed by atoms with Crippen LogP contribution in [0.4, 0.5) is 10.1 Å². The molecule has 2 rings (SSSR count). The van der Waals surface area contributed by atoms with Gasteiger partial charge in [-0.3, -0.25) is 4.79 Å². The molecule has 0 heterocycles. The lowest BCUT2D eigenvalue weighted by molar-refractivity contribution is 0.104. The minimum absolute atomic E-state index is 0.142. The monoisotopic (exact) mass is 319 g/mol. The average molecular weight is 320 g/mol. The summed E-state index contributed by atoms with van der Waals surface area (Å²) < 4.78 is 14.2. The van der Waals surface area contributed by atoms with Gasteiger partial charge in [0.25, 0.3) is 0 Å². The van der Waals surface area contributed by atoms with Gasteiger partial charge >= 0.3 is 0 Å². The van der Waals surface area contributed by atoms with E-state index in [0.29, 0.717) is 11.3 Å². The first-order valence-corrected chi connectivity index (χ1v) is 6.43. The molecule has 96 valence electrons. The van der Waals surface area contributed by atoms with Crippen molar-refractivity contribution in [3.05, 3.63) is 76.7 Å². The van der Waals surface area contributed by atoms with Gasteiger partial charge < -0.3 is 5.32 Å². The van der Waals surface area contributed by atoms with E-state index in [-0.39, 0.29) is 11.6 Å². The Kier molecular flexibility index (Phi) is 4.47. The first-order chi connectivity index (χ1) is 9.16. The fraction of sp³-hybridized carbons (Fsp3) is 0. The molecule has 0 saturated heterocycles. The van der Waals surface area contributed by atoms with Crippen molar-refractivity contribution >= 4 is 27.4 Å². The Hall–Kier alpha value is -1.94. The van der Waals surface area contributed by atoms with Gasteiger partial charge in [-0.1, -0.05) is 28.1 Å². The third-order valence-electron chi connectivity index (χ3n) is 2.48. The molecule has 0 radical (unpaired) electrons. The second kappa shape index (κ2) is 6.29. The molecule has 0 bridgehead atoms. The number of nitrogens with one attached hydrogen (secondary N) is 1. The molecule has 0 spiro atoms. The van der Waals surface area contributed by atoms with Crippen LogP contribution in [0.25, 0.3) is 0 Å². The molecule has 1 N–H and O–H groups in total. The summed E-state index contributed by atoms with van der Waals surface area (Å²) in [6.45, 7) is 0. The number of halogens is 2. The highest BCUT2D eigenvalue weighted by Gasteiger charge is 2.01. The van der Waals surface area contributed by atoms with Crippen LogP contribution < -0.4 is 5.32 Å². The van der Waals surface area contributed by atoms with Crippen molar-refractivity contribution < 1.29 is 9.18 Å². The van der Waals surface area contributed by atoms with Crippen LogP contribution in [-0.2, 0) is 0 Å². The number of rotatable bonds is 4. The van der Waals surface area contributed by atoms with Gasteiger partial charge in [-0.25, -0.2) is 4.39 Å². The number of carbonyl (C=O) groups excluding carboxylic acids is 1. The maximum absolute atomic E-state index is 13.3. The predicted molar refractivity (Wildman–Crippen MR) is 77.6 cm³/mol. The van der Waals surface area contributed by atoms with Gasteiger partial charge in [-0.05, 0) is 36.4 Å². The highest BCUT2D eigenvalue weighted by atomic mass is 79.9. The molecule has 0 saturated carbocycles. The quantitative estimate of drug-likeness (QED) is 0.668. The van der Waals surface area contributed by atoms with Crippen molar-refractivity contribution in [1.82, 2.24) is 0 Å². The van der Waals surface area contributed by atoms with Crippen LogP contribution >= 0.6 is 15.9 Å². The SMILES string of the molecule is O=C(C=CNc1ccccc1F)c1ccc(Br)cc1. The van der Waals surface area contributed by atoms with Crippen molar-refractivity contribution in [2.24, 2.45) is 0 Å². The molecule has 2 aromatic rings. The Morgan fingerprint density at radius 3 is 2.47 bits per heavy atom. The number of anilines is 1. The largest absolute Gasteiger partial charge is 0.359 e. The molecule has 4 heteroatoms. The minimum Gasteiger partial charge on any atom is -0.359 e. The molecule has 2 aromatic carbocycles. The van der Waals surface area contributed by atoms with E-state index >= 15 is 0 Å². The van der Waals surface area contributed by atoms with Gasteiger partial charge in [0, 0.05) is 22.3 Å². The molecule has 0 amide bonds. The Labute approximate surface area is 119 Å². The number of para-hydroxylation sites is 1. The molecule has 2 nitrogen and oxygen atoms in total. The number of hydrogen-bond donors (Lipinski definition) is 1. The van der Waals surface area contributed by atoms with Gasteiger partial charge in [0.15, 0.2) is 5.78 Å². The van der Waals surface area contributed by atoms with Gasteiger partial charge in [-0.2, -0.15) is 0 Å². The van der Waals surface area contributed by atoms with E-state index in [1.807, 2.05) is 0 Å². The van der Waals surface area contributed by atoms with Gasteiger partial charge in [0.05, 0.1) is 5.69 Å². The van der Waals surface area contributed by atoms with Gasteiger partial charge in [0.1, 0.15) is 5.82 Å². The zero-order valence-electron chi connectivity index (χ0n) is 9.94. The van der Waals surface area contributed by atoms with Crippen molar-refractivity contribution in [2.75, 3.05) is 5.32 Å². The molecule has 0 atom stereocenters. The first kappa shape index (κ1) is 13.5. The zero-order valence-corrected chi connectivity index (χ0v) is 11.5. The number of allylic oxidation sites excluding steroid dienone is 1. The average Bonchev–Trinajstić information content (AvgIpc) is 2.41. The maximum atomic E-state index is 13.3. The summed E-state index contributed by atoms with van der Waals surface area (Å²) in [7, 11) is 0. The second-order valence-corrected chi connectivity index (χ2v) is 4.74. The van der Waals surface area contributed by atoms with Crippen LogP contribution in [0.1, 0.15) is 10.4 Å². The molecule has 0 fully saturated rings. The summed E-state index contributed by atoms with van der Waals surface area (Å²) in [5.41, 5.74) is 0.914. The molecular formula is C15H11BrFNO. The smallest absolute Gasteiger partial charge is 0.187 e. The summed E-state index contributed by atoms with van der Waals surface area (Å²) in [4.78, 5) is 11.8. The molecule has 0 aliphatic carbocycles. The zero-order chi connectivity index (χ0) is 13.7. The standard InChI is InChI=1S/C15H11BrFNO/c16-12-7-5-11(6-8-12)15(19)9-10-18-14-4-2-1-3-13(14)17/h1-10,18H. The van der Waals surface area contributed by atoms with Crippen LogP contribution in [0.5, 0.6) is 0 Å². The number of ketones is 1. The maximum Gasteiger partial charge on any atom is 0.187 e. The second-order valence-electron chi connectivity index (χ2n) is 3.83. The molecule has 0 aromatic heterocycles. The van der Waals surface area contributed by atoms with Crippen molar-refractivity contribution in [3.8, 4) is 0 Å². The van der Waals surface area contributed by atoms with Crippen LogP contribution in [0.3, 0.4) is 0 Å². The van der Waals surface area contributed by atoms with E-state index in [4.69, 9.17) is 0 Å². The highest BCUT2D eigenvalue weighted by molar-refractivity contribution is 9.10. The molecule has 0 aliphatic heterocycles. The lowest BCUT2D eigenvalue weighted by Crippen LogP contribution is -1.97. The van der Waals surface area contributed by atoms with Crippen molar-refractivity contribution in [2.45, 2.75) is 0 Å². The minimum atomic E-state index is -0.358. The molecule has 0 aliphatic rings. The fourth-order valence-corrected chi connectivity index (χ4v) is 1.76. The van der Waals surface area contributed by atoms with E-state index in [1.54, 1.807) is 42.5 Å². The van der Waals surface area contributed by atoms with E-state index in [1.165, 1.54) is 18.3 Å². The van der Waals surface area contributed by atoms with Crippen molar-refractivity contribution in [3.63, 3.8) is 0 Å². The Morgan fingerprint density at radius 2 is 1.79 bits per heavy atom. The van der Waals surface area contributed by atoms with Crippen LogP contribution in [0.15, 0.2) is 65.3 Å². The summed E-state index contributed by atoms with van der Waals surface area (Å²) in [5.74, 6) is -0.500. The summed E-state index contributed by atoms with van der Waals surface area (Å²) in [6, 6.07) is 13.3. The molecule has 19 heavy (non-hydrogen) atoms. The van der Waals surface area contributed by atoms with Crippen LogP contribution in [0.2, 0.25) is 0 Å². The predicted octanol–water partition coefficient (Wildman–Crippen LogP) is 4.40. The third-order valence-corrected chi connectivity index (χ3v) is 3.00. The van der Waals surface area contributed by atoms with E-state index in [2.05, 4.69) is 21.2 Å². The van der Waals surface area contributed by atoms with E-state index < -0.39 is 0 Å². The highest BCUT2D eigenvalue weighted by Crippen LogP contribution is 2.13. The van der Waals surface area contributed by atoms with E-state index in [0.717, 1.165) is 4.47 Å². The Bertz CT molecular complexity index is 608. The normalized spacial score (nSPS) is 10.6. The Balaban J connectivity index is 2.01. The number of hydrogen-bond acceptors (Lipinski definition) is 2. The van der Waals surface area contributed by atoms with Crippen molar-refractivity contribution in [1.29, 1.82) is 0 Å². The fourth-order valence-electron chi connectivity index (χ4n) is 1.50. The summed E-state index contributed by atoms with van der Waals surface area (Å²) in [6.07, 6.45) is 2.80. The molecular weight excluding hydrogens is 309 g/mol. The summed E-state index contributed by atoms with van der Waals surface area (Å²) >= 11 is 3.30. The lowest BCUT2D eigenvalue weighted by Gasteiger charge is -2.01. The number of carbonyl (C=O) groups is 1. The summed E-state index contributed by atoms with van der Waals surface area (Å²) in [5, 5.41) is 2.74. The lowest BCUT2D eigenvalue weighted by atomic mass is 10.1. The van der Waals surface area contributed by atoms with E-state index in [9.17, 15) is 9.18 Å². The first-order valence-electron chi connectivity index (χ1n) is 5.64. The van der Waals surface area contributed by atoms with Crippen LogP contribution in [-0.4, -0.2) is 5.78 Å². The Morgan fingerprint density at radius 1 is 1.11 bits per heavy atom.